The number of fused-ring (bicyclic) bond motifs is 1. The van der Waals surface area contributed by atoms with Crippen molar-refractivity contribution in [2.24, 2.45) is 0 Å². The van der Waals surface area contributed by atoms with Gasteiger partial charge in [-0.1, -0.05) is 24.3 Å². The molecule has 2 aromatic carbocycles. The van der Waals surface area contributed by atoms with Crippen LogP contribution >= 0.6 is 0 Å². The average molecular weight is 589 g/mol. The van der Waals surface area contributed by atoms with Crippen LogP contribution in [-0.4, -0.2) is 52.9 Å². The molecule has 1 fully saturated rings. The van der Waals surface area contributed by atoms with Crippen molar-refractivity contribution in [1.82, 2.24) is 9.71 Å². The van der Waals surface area contributed by atoms with E-state index in [0.29, 0.717) is 46.6 Å². The molecule has 212 valence electrons. The number of rotatable bonds is 10. The van der Waals surface area contributed by atoms with Crippen LogP contribution in [0.5, 0.6) is 28.9 Å². The molecule has 0 aliphatic carbocycles. The minimum Gasteiger partial charge on any atom is -0.485 e. The van der Waals surface area contributed by atoms with E-state index in [9.17, 15) is 21.6 Å². The van der Waals surface area contributed by atoms with Gasteiger partial charge in [0.05, 0.1) is 24.5 Å². The van der Waals surface area contributed by atoms with Crippen LogP contribution in [0, 0.1) is 6.92 Å². The van der Waals surface area contributed by atoms with Crippen molar-refractivity contribution in [2.75, 3.05) is 25.2 Å². The summed E-state index contributed by atoms with van der Waals surface area (Å²) in [5.41, 5.74) is 1.90. The molecule has 3 heterocycles. The maximum Gasteiger partial charge on any atom is 0.242 e. The third-order valence-corrected chi connectivity index (χ3v) is 9.14. The summed E-state index contributed by atoms with van der Waals surface area (Å²) in [6, 6.07) is 15.5. The van der Waals surface area contributed by atoms with Crippen molar-refractivity contribution in [2.45, 2.75) is 31.1 Å². The fraction of sp³-hybridized carbons (Fsp3) is 0.333. The minimum absolute atomic E-state index is 0.0486. The van der Waals surface area contributed by atoms with Crippen LogP contribution in [0.3, 0.4) is 0 Å². The largest absolute Gasteiger partial charge is 0.485 e. The van der Waals surface area contributed by atoms with Crippen molar-refractivity contribution >= 4 is 25.8 Å². The summed E-state index contributed by atoms with van der Waals surface area (Å²) in [6.45, 7) is 2.27. The number of carbonyl (C=O) groups excluding carboxylic acids is 1. The Morgan fingerprint density at radius 1 is 1.07 bits per heavy atom. The summed E-state index contributed by atoms with van der Waals surface area (Å²) in [4.78, 5) is 15.9. The van der Waals surface area contributed by atoms with Crippen molar-refractivity contribution in [3.63, 3.8) is 0 Å². The second kappa shape index (κ2) is 11.0. The maximum atomic E-state index is 12.1. The molecule has 1 aromatic heterocycles. The number of hydrogen-bond donors (Lipinski definition) is 1. The number of sulfonamides is 1. The topological polar surface area (TPSA) is 147 Å². The summed E-state index contributed by atoms with van der Waals surface area (Å²) in [6.07, 6.45) is 1.04. The van der Waals surface area contributed by atoms with Gasteiger partial charge in [0.2, 0.25) is 21.8 Å². The quantitative estimate of drug-likeness (QED) is 0.350. The van der Waals surface area contributed by atoms with Gasteiger partial charge in [0.25, 0.3) is 0 Å². The standard InChI is InChI=1S/C27H28N2O9S2/c1-17-21(11-12-26(28-17)35-13-4-14-39(2,31)32)38-22-6-3-5-20-23(16-36-27(20)22)37-19-9-7-18(8-10-19)24-15-25(30)29-40(24,33)34/h3,5-12,23-24H,4,13-16H2,1-2H3,(H,29,30)/t23-,24?/m1/s1. The predicted octanol–water partition coefficient (Wildman–Crippen LogP) is 3.40. The van der Waals surface area contributed by atoms with Crippen molar-refractivity contribution in [3.05, 3.63) is 71.4 Å². The number of aryl methyl sites for hydroxylation is 1. The fourth-order valence-electron chi connectivity index (χ4n) is 4.47. The zero-order chi connectivity index (χ0) is 28.5. The summed E-state index contributed by atoms with van der Waals surface area (Å²) in [5.74, 6) is 1.99. The third kappa shape index (κ3) is 6.31. The number of sulfone groups is 1. The molecule has 0 saturated carbocycles. The number of carbonyl (C=O) groups is 1. The molecule has 11 nitrogen and oxygen atoms in total. The molecule has 2 atom stereocenters. The van der Waals surface area contributed by atoms with Gasteiger partial charge < -0.3 is 18.9 Å². The zero-order valence-corrected chi connectivity index (χ0v) is 23.5. The van der Waals surface area contributed by atoms with Gasteiger partial charge >= 0.3 is 0 Å². The predicted molar refractivity (Wildman–Crippen MR) is 145 cm³/mol. The van der Waals surface area contributed by atoms with Crippen LogP contribution in [-0.2, 0) is 24.7 Å². The van der Waals surface area contributed by atoms with E-state index in [2.05, 4.69) is 4.98 Å². The van der Waals surface area contributed by atoms with Crippen molar-refractivity contribution < 1.29 is 40.6 Å². The Balaban J connectivity index is 1.23. The Morgan fingerprint density at radius 3 is 2.52 bits per heavy atom. The number of benzene rings is 2. The van der Waals surface area contributed by atoms with Gasteiger partial charge in [-0.25, -0.2) is 21.8 Å². The van der Waals surface area contributed by atoms with E-state index >= 15 is 0 Å². The van der Waals surface area contributed by atoms with E-state index in [-0.39, 0.29) is 25.4 Å². The average Bonchev–Trinajstić information content (AvgIpc) is 3.42. The van der Waals surface area contributed by atoms with Gasteiger partial charge in [-0.3, -0.25) is 9.52 Å². The molecule has 1 saturated heterocycles. The molecule has 5 rings (SSSR count). The molecule has 3 aromatic rings. The molecule has 13 heteroatoms. The lowest BCUT2D eigenvalue weighted by Gasteiger charge is -2.15. The van der Waals surface area contributed by atoms with E-state index in [1.807, 2.05) is 16.9 Å². The lowest BCUT2D eigenvalue weighted by molar-refractivity contribution is -0.118. The first-order valence-electron chi connectivity index (χ1n) is 12.5. The highest BCUT2D eigenvalue weighted by Gasteiger charge is 2.38. The van der Waals surface area contributed by atoms with Crippen LogP contribution in [0.2, 0.25) is 0 Å². The van der Waals surface area contributed by atoms with Crippen molar-refractivity contribution in [1.29, 1.82) is 0 Å². The van der Waals surface area contributed by atoms with Crippen LogP contribution in [0.15, 0.2) is 54.6 Å². The molecule has 0 spiro atoms. The molecule has 2 aliphatic rings. The number of hydrogen-bond acceptors (Lipinski definition) is 10. The lowest BCUT2D eigenvalue weighted by Crippen LogP contribution is -2.21. The summed E-state index contributed by atoms with van der Waals surface area (Å²) < 4.78 is 72.5. The molecule has 40 heavy (non-hydrogen) atoms. The van der Waals surface area contributed by atoms with Gasteiger partial charge in [-0.15, -0.1) is 0 Å². The van der Waals surface area contributed by atoms with E-state index in [0.717, 1.165) is 5.56 Å². The normalized spacial score (nSPS) is 19.4. The van der Waals surface area contributed by atoms with E-state index in [1.54, 1.807) is 49.4 Å². The Kier molecular flexibility index (Phi) is 7.60. The van der Waals surface area contributed by atoms with Crippen LogP contribution in [0.25, 0.3) is 0 Å². The van der Waals surface area contributed by atoms with Crippen LogP contribution in [0.4, 0.5) is 0 Å². The molecule has 0 radical (unpaired) electrons. The number of amides is 1. The number of nitrogens with zero attached hydrogens (tertiary/aromatic N) is 1. The Hall–Kier alpha value is -3.84. The first-order valence-corrected chi connectivity index (χ1v) is 16.1. The second-order valence-corrected chi connectivity index (χ2v) is 13.7. The van der Waals surface area contributed by atoms with E-state index < -0.39 is 37.1 Å². The lowest BCUT2D eigenvalue weighted by atomic mass is 10.1. The second-order valence-electron chi connectivity index (χ2n) is 9.59. The van der Waals surface area contributed by atoms with E-state index in [4.69, 9.17) is 18.9 Å². The van der Waals surface area contributed by atoms with E-state index in [1.165, 1.54) is 6.26 Å². The molecule has 0 bridgehead atoms. The number of nitrogens with one attached hydrogen (secondary N) is 1. The molecule has 2 aliphatic heterocycles. The minimum atomic E-state index is -3.72. The zero-order valence-electron chi connectivity index (χ0n) is 21.8. The summed E-state index contributed by atoms with van der Waals surface area (Å²) >= 11 is 0. The first kappa shape index (κ1) is 27.7. The summed E-state index contributed by atoms with van der Waals surface area (Å²) in [5, 5.41) is -0.914. The fourth-order valence-corrected chi connectivity index (χ4v) is 6.54. The van der Waals surface area contributed by atoms with Gasteiger partial charge in [0, 0.05) is 17.9 Å². The molecule has 1 amide bonds. The highest BCUT2D eigenvalue weighted by molar-refractivity contribution is 7.91. The summed E-state index contributed by atoms with van der Waals surface area (Å²) in [7, 11) is -6.76. The monoisotopic (exact) mass is 588 g/mol. The van der Waals surface area contributed by atoms with Gasteiger partial charge in [0.1, 0.15) is 33.2 Å². The van der Waals surface area contributed by atoms with Crippen LogP contribution in [0.1, 0.15) is 41.0 Å². The molecular formula is C27H28N2O9S2. The SMILES string of the molecule is Cc1nc(OCCCS(C)(=O)=O)ccc1Oc1cccc2c1OC[C@H]2Oc1ccc(C2CC(=O)NS2(=O)=O)cc1. The Bertz CT molecular complexity index is 1640. The highest BCUT2D eigenvalue weighted by Crippen LogP contribution is 2.44. The molecule has 1 N–H and O–H groups in total. The number of pyridine rings is 1. The number of para-hydroxylation sites is 1. The highest BCUT2D eigenvalue weighted by atomic mass is 32.2. The van der Waals surface area contributed by atoms with Gasteiger partial charge in [-0.05, 0) is 43.2 Å². The van der Waals surface area contributed by atoms with Gasteiger partial charge in [0.15, 0.2) is 17.6 Å². The van der Waals surface area contributed by atoms with Crippen LogP contribution < -0.4 is 23.7 Å². The number of ether oxygens (including phenoxy) is 4. The van der Waals surface area contributed by atoms with Crippen molar-refractivity contribution in [3.8, 4) is 28.9 Å². The molecular weight excluding hydrogens is 560 g/mol. The maximum absolute atomic E-state index is 12.1. The molecule has 1 unspecified atom stereocenters. The third-order valence-electron chi connectivity index (χ3n) is 6.41. The Morgan fingerprint density at radius 2 is 1.85 bits per heavy atom. The first-order chi connectivity index (χ1) is 19.0. The smallest absolute Gasteiger partial charge is 0.242 e. The van der Waals surface area contributed by atoms with Gasteiger partial charge in [-0.2, -0.15) is 0 Å². The Labute approximate surface area is 232 Å². The number of aromatic nitrogens is 1.